The summed E-state index contributed by atoms with van der Waals surface area (Å²) in [5.41, 5.74) is 0. The topological polar surface area (TPSA) is 95.9 Å². The van der Waals surface area contributed by atoms with Crippen LogP contribution in [0, 0.1) is 0 Å². The fraction of sp³-hybridized carbons (Fsp3) is 0.920. The number of allylic oxidation sites excluding steroid dienone is 1. The lowest BCUT2D eigenvalue weighted by molar-refractivity contribution is -0.143. The van der Waals surface area contributed by atoms with Crippen LogP contribution in [0.2, 0.25) is 0 Å². The summed E-state index contributed by atoms with van der Waals surface area (Å²) < 4.78 is 5.47. The highest BCUT2D eigenvalue weighted by Gasteiger charge is 2.18. The van der Waals surface area contributed by atoms with Gasteiger partial charge in [-0.15, -0.1) is 0 Å². The molecule has 0 aliphatic heterocycles. The zero-order valence-corrected chi connectivity index (χ0v) is 37.6. The molecule has 0 saturated carbocycles. The number of hydrogen-bond donors (Lipinski definition) is 3. The zero-order chi connectivity index (χ0) is 40.8. The lowest BCUT2D eigenvalue weighted by Gasteiger charge is -2.20. The summed E-state index contributed by atoms with van der Waals surface area (Å²) in [6.45, 7) is 4.85. The first-order chi connectivity index (χ1) is 27.5. The highest BCUT2D eigenvalue weighted by atomic mass is 16.5. The van der Waals surface area contributed by atoms with Crippen LogP contribution in [0.3, 0.4) is 0 Å². The summed E-state index contributed by atoms with van der Waals surface area (Å²) in [6, 6.07) is -0.636. The van der Waals surface area contributed by atoms with Gasteiger partial charge in [-0.1, -0.05) is 238 Å². The minimum atomic E-state index is -0.851. The summed E-state index contributed by atoms with van der Waals surface area (Å²) in [5.74, 6) is -0.0921. The molecule has 6 nitrogen and oxygen atoms in total. The number of amides is 1. The zero-order valence-electron chi connectivity index (χ0n) is 37.6. The normalized spacial score (nSPS) is 12.7. The van der Waals surface area contributed by atoms with Crippen LogP contribution in [0.25, 0.3) is 0 Å². The predicted octanol–water partition coefficient (Wildman–Crippen LogP) is 14.6. The van der Waals surface area contributed by atoms with Gasteiger partial charge in [0.2, 0.25) is 5.91 Å². The van der Waals surface area contributed by atoms with Crippen LogP contribution in [0.1, 0.15) is 271 Å². The van der Waals surface area contributed by atoms with Crippen molar-refractivity contribution in [3.8, 4) is 0 Å². The van der Waals surface area contributed by atoms with Crippen molar-refractivity contribution in [1.82, 2.24) is 5.32 Å². The number of aliphatic hydroxyl groups excluding tert-OH is 2. The van der Waals surface area contributed by atoms with Gasteiger partial charge in [-0.25, -0.2) is 0 Å². The fourth-order valence-electron chi connectivity index (χ4n) is 7.69. The Labute approximate surface area is 349 Å². The molecule has 0 bridgehead atoms. The van der Waals surface area contributed by atoms with E-state index >= 15 is 0 Å². The van der Waals surface area contributed by atoms with E-state index in [1.165, 1.54) is 186 Å². The molecule has 2 unspecified atom stereocenters. The molecule has 0 spiro atoms. The van der Waals surface area contributed by atoms with E-state index in [0.717, 1.165) is 57.8 Å². The molecule has 0 saturated heterocycles. The summed E-state index contributed by atoms with van der Waals surface area (Å²) in [6.07, 6.45) is 52.1. The molecule has 1 amide bonds. The van der Waals surface area contributed by atoms with Crippen molar-refractivity contribution in [2.24, 2.45) is 0 Å². The number of rotatable bonds is 46. The number of carbonyl (C=O) groups excluding carboxylic acids is 2. The molecule has 0 aromatic heterocycles. The number of aliphatic hydroxyl groups is 2. The van der Waals surface area contributed by atoms with E-state index in [1.54, 1.807) is 6.08 Å². The van der Waals surface area contributed by atoms with Crippen LogP contribution in [0.5, 0.6) is 0 Å². The molecule has 0 aromatic rings. The Morgan fingerprint density at radius 2 is 0.821 bits per heavy atom. The van der Waals surface area contributed by atoms with Gasteiger partial charge in [0, 0.05) is 12.8 Å². The fourth-order valence-corrected chi connectivity index (χ4v) is 7.69. The van der Waals surface area contributed by atoms with E-state index in [2.05, 4.69) is 19.2 Å². The minimum absolute atomic E-state index is 0.00733. The van der Waals surface area contributed by atoms with E-state index in [0.29, 0.717) is 19.4 Å². The Morgan fingerprint density at radius 3 is 1.21 bits per heavy atom. The maximum Gasteiger partial charge on any atom is 0.305 e. The molecule has 3 N–H and O–H groups in total. The monoisotopic (exact) mass is 792 g/mol. The van der Waals surface area contributed by atoms with Gasteiger partial charge >= 0.3 is 5.97 Å². The maximum absolute atomic E-state index is 12.4. The van der Waals surface area contributed by atoms with Crippen LogP contribution >= 0.6 is 0 Å². The number of unbranched alkanes of at least 4 members (excludes halogenated alkanes) is 35. The highest BCUT2D eigenvalue weighted by Crippen LogP contribution is 2.16. The number of nitrogens with one attached hydrogen (secondary N) is 1. The van der Waals surface area contributed by atoms with Crippen molar-refractivity contribution in [3.05, 3.63) is 12.2 Å². The molecule has 332 valence electrons. The van der Waals surface area contributed by atoms with E-state index in [9.17, 15) is 19.8 Å². The van der Waals surface area contributed by atoms with E-state index in [1.807, 2.05) is 6.08 Å². The van der Waals surface area contributed by atoms with E-state index < -0.39 is 12.1 Å². The van der Waals surface area contributed by atoms with Crippen molar-refractivity contribution in [3.63, 3.8) is 0 Å². The smallest absolute Gasteiger partial charge is 0.305 e. The molecule has 56 heavy (non-hydrogen) atoms. The number of esters is 1. The molecule has 2 atom stereocenters. The van der Waals surface area contributed by atoms with Crippen LogP contribution in [-0.2, 0) is 14.3 Å². The average molecular weight is 792 g/mol. The van der Waals surface area contributed by atoms with Gasteiger partial charge < -0.3 is 20.3 Å². The third kappa shape index (κ3) is 42.2. The van der Waals surface area contributed by atoms with Gasteiger partial charge in [-0.2, -0.15) is 0 Å². The Kier molecular flexibility index (Phi) is 45.1. The third-order valence-corrected chi connectivity index (χ3v) is 11.6. The van der Waals surface area contributed by atoms with Gasteiger partial charge in [0.1, 0.15) is 0 Å². The molecule has 0 radical (unpaired) electrons. The second-order valence-electron chi connectivity index (χ2n) is 17.2. The second kappa shape index (κ2) is 46.3. The van der Waals surface area contributed by atoms with Crippen molar-refractivity contribution in [2.45, 2.75) is 283 Å². The van der Waals surface area contributed by atoms with Crippen molar-refractivity contribution in [1.29, 1.82) is 0 Å². The van der Waals surface area contributed by atoms with E-state index in [-0.39, 0.29) is 18.5 Å². The van der Waals surface area contributed by atoms with Crippen LogP contribution in [0.15, 0.2) is 12.2 Å². The summed E-state index contributed by atoms with van der Waals surface area (Å²) in [7, 11) is 0. The summed E-state index contributed by atoms with van der Waals surface area (Å²) in [5, 5.41) is 22.9. The van der Waals surface area contributed by atoms with E-state index in [4.69, 9.17) is 4.74 Å². The predicted molar refractivity (Wildman–Crippen MR) is 241 cm³/mol. The van der Waals surface area contributed by atoms with Gasteiger partial charge in [0.05, 0.1) is 25.4 Å². The van der Waals surface area contributed by atoms with Crippen LogP contribution in [-0.4, -0.2) is 47.4 Å². The number of carbonyl (C=O) groups is 2. The molecular formula is C50H97NO5. The lowest BCUT2D eigenvalue weighted by atomic mass is 10.0. The first-order valence-corrected chi connectivity index (χ1v) is 25.0. The average Bonchev–Trinajstić information content (AvgIpc) is 3.20. The third-order valence-electron chi connectivity index (χ3n) is 11.6. The number of ether oxygens (including phenoxy) is 1. The van der Waals surface area contributed by atoms with Crippen molar-refractivity contribution in [2.75, 3.05) is 13.2 Å². The lowest BCUT2D eigenvalue weighted by Crippen LogP contribution is -2.45. The molecule has 0 rings (SSSR count). The first-order valence-electron chi connectivity index (χ1n) is 25.0. The maximum atomic E-state index is 12.4. The summed E-state index contributed by atoms with van der Waals surface area (Å²) in [4.78, 5) is 24.4. The molecule has 0 aliphatic rings. The molecule has 6 heteroatoms. The van der Waals surface area contributed by atoms with Gasteiger partial charge in [0.25, 0.3) is 0 Å². The van der Waals surface area contributed by atoms with Gasteiger partial charge in [0.15, 0.2) is 0 Å². The van der Waals surface area contributed by atoms with Gasteiger partial charge in [-0.3, -0.25) is 9.59 Å². The molecule has 0 aromatic carbocycles. The Morgan fingerprint density at radius 1 is 0.482 bits per heavy atom. The SMILES string of the molecule is CCCCCCCCCC/C=C/C(O)C(CO)NC(=O)CCCCCCCCCCCCCCOC(=O)CCCCCCCCCCCCCCCCCCC. The minimum Gasteiger partial charge on any atom is -0.466 e. The first kappa shape index (κ1) is 54.6. The molecule has 0 fully saturated rings. The van der Waals surface area contributed by atoms with Crippen molar-refractivity contribution < 1.29 is 24.5 Å². The number of hydrogen-bond acceptors (Lipinski definition) is 5. The van der Waals surface area contributed by atoms with Crippen LogP contribution < -0.4 is 5.32 Å². The summed E-state index contributed by atoms with van der Waals surface area (Å²) >= 11 is 0. The van der Waals surface area contributed by atoms with Crippen molar-refractivity contribution >= 4 is 11.9 Å². The Hall–Kier alpha value is -1.40. The standard InChI is InChI=1S/C50H97NO5/c1-3-5-7-9-11-13-15-16-17-18-19-20-24-28-32-36-40-44-50(55)56-45-41-37-33-29-25-22-21-23-27-31-35-39-43-49(54)51-47(46-52)48(53)42-38-34-30-26-14-12-10-8-6-4-2/h38,42,47-48,52-53H,3-37,39-41,43-46H2,1-2H3,(H,51,54)/b42-38+. The largest absolute Gasteiger partial charge is 0.466 e. The quantitative estimate of drug-likeness (QED) is 0.0324. The van der Waals surface area contributed by atoms with Gasteiger partial charge in [-0.05, 0) is 32.1 Å². The van der Waals surface area contributed by atoms with Crippen LogP contribution in [0.4, 0.5) is 0 Å². The second-order valence-corrected chi connectivity index (χ2v) is 17.2. The highest BCUT2D eigenvalue weighted by molar-refractivity contribution is 5.76. The Balaban J connectivity index is 3.43. The molecule has 0 heterocycles. The Bertz CT molecular complexity index is 832. The molecule has 0 aliphatic carbocycles. The molecular weight excluding hydrogens is 695 g/mol.